The Morgan fingerprint density at radius 1 is 1.11 bits per heavy atom. The molecule has 0 aliphatic rings. The fraction of sp³-hybridized carbons (Fsp3) is 0.0769. The lowest BCUT2D eigenvalue weighted by Crippen LogP contribution is -2.04. The molecule has 2 nitrogen and oxygen atoms in total. The van der Waals surface area contributed by atoms with E-state index in [1.807, 2.05) is 0 Å². The third kappa shape index (κ3) is 2.90. The van der Waals surface area contributed by atoms with Crippen LogP contribution in [0.4, 0.5) is 20.2 Å². The molecule has 94 valence electrons. The van der Waals surface area contributed by atoms with Crippen molar-refractivity contribution in [3.05, 3.63) is 58.6 Å². The van der Waals surface area contributed by atoms with Gasteiger partial charge in [0.1, 0.15) is 11.6 Å². The summed E-state index contributed by atoms with van der Waals surface area (Å²) in [7, 11) is 0. The zero-order valence-electron chi connectivity index (χ0n) is 9.38. The zero-order valence-corrected chi connectivity index (χ0v) is 10.1. The molecular weight excluding hydrogens is 258 g/mol. The van der Waals surface area contributed by atoms with E-state index in [0.717, 1.165) is 18.2 Å². The maximum Gasteiger partial charge on any atom is 0.128 e. The highest BCUT2D eigenvalue weighted by Crippen LogP contribution is 2.23. The summed E-state index contributed by atoms with van der Waals surface area (Å²) < 4.78 is 26.3. The van der Waals surface area contributed by atoms with Crippen molar-refractivity contribution in [2.45, 2.75) is 6.54 Å². The van der Waals surface area contributed by atoms with Crippen LogP contribution in [0.3, 0.4) is 0 Å². The van der Waals surface area contributed by atoms with E-state index in [1.54, 1.807) is 18.2 Å². The van der Waals surface area contributed by atoms with Gasteiger partial charge in [-0.2, -0.15) is 0 Å². The van der Waals surface area contributed by atoms with Crippen molar-refractivity contribution in [2.75, 3.05) is 11.1 Å². The number of nitrogens with two attached hydrogens (primary N) is 1. The van der Waals surface area contributed by atoms with Gasteiger partial charge in [-0.3, -0.25) is 0 Å². The van der Waals surface area contributed by atoms with E-state index in [2.05, 4.69) is 5.32 Å². The van der Waals surface area contributed by atoms with Gasteiger partial charge in [-0.15, -0.1) is 0 Å². The fourth-order valence-electron chi connectivity index (χ4n) is 1.56. The summed E-state index contributed by atoms with van der Waals surface area (Å²) >= 11 is 5.76. The van der Waals surface area contributed by atoms with Crippen LogP contribution >= 0.6 is 11.6 Å². The van der Waals surface area contributed by atoms with Gasteiger partial charge in [-0.1, -0.05) is 11.6 Å². The summed E-state index contributed by atoms with van der Waals surface area (Å²) in [5, 5.41) is 3.46. The van der Waals surface area contributed by atoms with E-state index in [9.17, 15) is 8.78 Å². The average molecular weight is 269 g/mol. The summed E-state index contributed by atoms with van der Waals surface area (Å²) in [6.07, 6.45) is 0. The van der Waals surface area contributed by atoms with Crippen molar-refractivity contribution in [1.29, 1.82) is 0 Å². The lowest BCUT2D eigenvalue weighted by molar-refractivity contribution is 0.587. The molecule has 0 spiro atoms. The molecule has 2 rings (SSSR count). The Bertz CT molecular complexity index is 573. The van der Waals surface area contributed by atoms with E-state index in [1.165, 1.54) is 0 Å². The molecule has 18 heavy (non-hydrogen) atoms. The molecule has 0 unspecified atom stereocenters. The second-order valence-electron chi connectivity index (χ2n) is 3.82. The van der Waals surface area contributed by atoms with E-state index >= 15 is 0 Å². The number of benzene rings is 2. The van der Waals surface area contributed by atoms with E-state index < -0.39 is 11.6 Å². The van der Waals surface area contributed by atoms with Gasteiger partial charge in [0.25, 0.3) is 0 Å². The summed E-state index contributed by atoms with van der Waals surface area (Å²) in [6, 6.07) is 8.27. The fourth-order valence-corrected chi connectivity index (χ4v) is 1.74. The van der Waals surface area contributed by atoms with Crippen LogP contribution in [0, 0.1) is 11.6 Å². The first-order chi connectivity index (χ1) is 8.56. The van der Waals surface area contributed by atoms with Gasteiger partial charge in [0.2, 0.25) is 0 Å². The number of halogens is 3. The van der Waals surface area contributed by atoms with Gasteiger partial charge in [-0.25, -0.2) is 8.78 Å². The SMILES string of the molecule is Nc1cc(Cl)ccc1NCc1cc(F)ccc1F. The predicted octanol–water partition coefficient (Wildman–Crippen LogP) is 3.81. The molecule has 2 aromatic carbocycles. The number of anilines is 2. The van der Waals surface area contributed by atoms with Crippen LogP contribution in [0.2, 0.25) is 5.02 Å². The Morgan fingerprint density at radius 3 is 2.61 bits per heavy atom. The molecule has 0 saturated carbocycles. The lowest BCUT2D eigenvalue weighted by atomic mass is 10.2. The first-order valence-electron chi connectivity index (χ1n) is 5.29. The number of hydrogen-bond acceptors (Lipinski definition) is 2. The largest absolute Gasteiger partial charge is 0.397 e. The van der Waals surface area contributed by atoms with E-state index in [-0.39, 0.29) is 12.1 Å². The third-order valence-electron chi connectivity index (χ3n) is 2.49. The Balaban J connectivity index is 2.13. The van der Waals surface area contributed by atoms with Crippen molar-refractivity contribution < 1.29 is 8.78 Å². The van der Waals surface area contributed by atoms with Crippen molar-refractivity contribution in [1.82, 2.24) is 0 Å². The number of hydrogen-bond donors (Lipinski definition) is 2. The number of nitrogen functional groups attached to an aromatic ring is 1. The number of nitrogens with one attached hydrogen (secondary N) is 1. The maximum absolute atomic E-state index is 13.4. The van der Waals surface area contributed by atoms with Crippen LogP contribution < -0.4 is 11.1 Å². The van der Waals surface area contributed by atoms with Crippen LogP contribution in [0.15, 0.2) is 36.4 Å². The summed E-state index contributed by atoms with van der Waals surface area (Å²) in [6.45, 7) is 0.148. The Labute approximate surface area is 108 Å². The second kappa shape index (κ2) is 5.23. The second-order valence-corrected chi connectivity index (χ2v) is 4.26. The van der Waals surface area contributed by atoms with Crippen LogP contribution in [0.25, 0.3) is 0 Å². The highest BCUT2D eigenvalue weighted by atomic mass is 35.5. The van der Waals surface area contributed by atoms with Gasteiger partial charge in [0, 0.05) is 17.1 Å². The molecule has 5 heteroatoms. The normalized spacial score (nSPS) is 10.4. The molecule has 0 aliphatic carbocycles. The number of rotatable bonds is 3. The molecule has 2 aromatic rings. The van der Waals surface area contributed by atoms with E-state index in [0.29, 0.717) is 16.4 Å². The van der Waals surface area contributed by atoms with Gasteiger partial charge in [0.05, 0.1) is 11.4 Å². The first kappa shape index (κ1) is 12.6. The van der Waals surface area contributed by atoms with E-state index in [4.69, 9.17) is 17.3 Å². The smallest absolute Gasteiger partial charge is 0.128 e. The molecule has 0 heterocycles. The Hall–Kier alpha value is -1.81. The summed E-state index contributed by atoms with van der Waals surface area (Å²) in [5.74, 6) is -0.936. The molecule has 0 bridgehead atoms. The quantitative estimate of drug-likeness (QED) is 0.831. The minimum Gasteiger partial charge on any atom is -0.397 e. The zero-order chi connectivity index (χ0) is 13.1. The van der Waals surface area contributed by atoms with Crippen molar-refractivity contribution in [2.24, 2.45) is 0 Å². The molecule has 0 aliphatic heterocycles. The minimum atomic E-state index is -0.475. The molecule has 0 saturated heterocycles. The minimum absolute atomic E-state index is 0.148. The molecule has 0 amide bonds. The van der Waals surface area contributed by atoms with Crippen molar-refractivity contribution in [3.8, 4) is 0 Å². The van der Waals surface area contributed by atoms with Gasteiger partial charge >= 0.3 is 0 Å². The first-order valence-corrected chi connectivity index (χ1v) is 5.67. The topological polar surface area (TPSA) is 38.0 Å². The Morgan fingerprint density at radius 2 is 1.89 bits per heavy atom. The molecule has 0 aromatic heterocycles. The third-order valence-corrected chi connectivity index (χ3v) is 2.73. The molecule has 0 atom stereocenters. The van der Waals surface area contributed by atoms with Crippen LogP contribution in [-0.4, -0.2) is 0 Å². The summed E-state index contributed by atoms with van der Waals surface area (Å²) in [4.78, 5) is 0. The standard InChI is InChI=1S/C13H11ClF2N2/c14-9-1-4-13(12(17)6-9)18-7-8-5-10(15)2-3-11(8)16/h1-6,18H,7,17H2. The van der Waals surface area contributed by atoms with Gasteiger partial charge in [0.15, 0.2) is 0 Å². The van der Waals surface area contributed by atoms with Gasteiger partial charge < -0.3 is 11.1 Å². The molecule has 3 N–H and O–H groups in total. The van der Waals surface area contributed by atoms with Crippen molar-refractivity contribution in [3.63, 3.8) is 0 Å². The molecular formula is C13H11ClF2N2. The molecule has 0 fully saturated rings. The maximum atomic E-state index is 13.4. The average Bonchev–Trinajstić information content (AvgIpc) is 2.32. The Kier molecular flexibility index (Phi) is 3.67. The summed E-state index contributed by atoms with van der Waals surface area (Å²) in [5.41, 5.74) is 7.06. The highest BCUT2D eigenvalue weighted by molar-refractivity contribution is 6.31. The highest BCUT2D eigenvalue weighted by Gasteiger charge is 2.05. The van der Waals surface area contributed by atoms with Crippen LogP contribution in [0.5, 0.6) is 0 Å². The predicted molar refractivity (Wildman–Crippen MR) is 69.5 cm³/mol. The molecule has 0 radical (unpaired) electrons. The van der Waals surface area contributed by atoms with Crippen molar-refractivity contribution >= 4 is 23.0 Å². The van der Waals surface area contributed by atoms with Crippen LogP contribution in [-0.2, 0) is 6.54 Å². The lowest BCUT2D eigenvalue weighted by Gasteiger charge is -2.10. The van der Waals surface area contributed by atoms with Crippen LogP contribution in [0.1, 0.15) is 5.56 Å². The van der Waals surface area contributed by atoms with Gasteiger partial charge in [-0.05, 0) is 36.4 Å². The monoisotopic (exact) mass is 268 g/mol.